The van der Waals surface area contributed by atoms with E-state index in [9.17, 15) is 23.5 Å². The summed E-state index contributed by atoms with van der Waals surface area (Å²) in [5, 5.41) is 9.69. The molecule has 0 aliphatic carbocycles. The molecule has 7 heteroatoms. The van der Waals surface area contributed by atoms with Crippen LogP contribution in [0.4, 0.5) is 8.78 Å². The quantitative estimate of drug-likeness (QED) is 0.632. The van der Waals surface area contributed by atoms with Crippen molar-refractivity contribution in [2.75, 3.05) is 6.61 Å². The average Bonchev–Trinajstić information content (AvgIpc) is 2.38. The van der Waals surface area contributed by atoms with Crippen molar-refractivity contribution in [2.45, 2.75) is 25.4 Å². The van der Waals surface area contributed by atoms with Gasteiger partial charge in [-0.05, 0) is 13.0 Å². The van der Waals surface area contributed by atoms with Crippen molar-refractivity contribution in [3.8, 4) is 0 Å². The molecule has 0 fully saturated rings. The number of alkyl halides is 2. The minimum atomic E-state index is -4.07. The van der Waals surface area contributed by atoms with E-state index in [-0.39, 0.29) is 16.6 Å². The lowest BCUT2D eigenvalue weighted by Gasteiger charge is -2.22. The molecule has 0 saturated heterocycles. The number of aliphatic hydroxyl groups excluding tert-OH is 1. The highest BCUT2D eigenvalue weighted by atomic mass is 79.9. The first-order chi connectivity index (χ1) is 9.30. The summed E-state index contributed by atoms with van der Waals surface area (Å²) in [5.74, 6) is -6.80. The van der Waals surface area contributed by atoms with Crippen LogP contribution in [-0.4, -0.2) is 29.4 Å². The molecule has 1 aromatic rings. The highest BCUT2D eigenvalue weighted by molar-refractivity contribution is 9.10. The van der Waals surface area contributed by atoms with E-state index in [0.717, 1.165) is 0 Å². The Morgan fingerprint density at radius 2 is 2.00 bits per heavy atom. The van der Waals surface area contributed by atoms with Crippen LogP contribution >= 0.6 is 15.9 Å². The number of rotatable bonds is 6. The van der Waals surface area contributed by atoms with Crippen molar-refractivity contribution in [3.63, 3.8) is 0 Å². The molecule has 0 aliphatic heterocycles. The average molecular weight is 351 g/mol. The van der Waals surface area contributed by atoms with Gasteiger partial charge in [0.05, 0.1) is 6.61 Å². The Morgan fingerprint density at radius 1 is 1.40 bits per heavy atom. The molecule has 0 radical (unpaired) electrons. The number of hydrogen-bond acceptors (Lipinski definition) is 4. The van der Waals surface area contributed by atoms with Crippen LogP contribution in [0.3, 0.4) is 0 Å². The lowest BCUT2D eigenvalue weighted by Crippen LogP contribution is -2.37. The summed E-state index contributed by atoms with van der Waals surface area (Å²) in [6, 6.07) is 5.76. The smallest absolute Gasteiger partial charge is 0.335 e. The molecule has 1 N–H and O–H groups in total. The van der Waals surface area contributed by atoms with Gasteiger partial charge < -0.3 is 9.84 Å². The maximum Gasteiger partial charge on any atom is 0.335 e. The first-order valence-corrected chi connectivity index (χ1v) is 6.59. The van der Waals surface area contributed by atoms with Crippen molar-refractivity contribution in [1.82, 2.24) is 0 Å². The number of Topliss-reactive ketones (excluding diaryl/α,β-unsaturated/α-hetero) is 1. The normalized spacial score (nSPS) is 12.8. The molecular formula is C13H13BrF2O4. The van der Waals surface area contributed by atoms with Crippen LogP contribution in [0.2, 0.25) is 0 Å². The maximum atomic E-state index is 13.8. The summed E-state index contributed by atoms with van der Waals surface area (Å²) in [6.07, 6.45) is -3.41. The van der Waals surface area contributed by atoms with Gasteiger partial charge in [-0.15, -0.1) is 0 Å². The third kappa shape index (κ3) is 3.83. The number of carbonyl (C=O) groups is 2. The zero-order valence-electron chi connectivity index (χ0n) is 10.6. The largest absolute Gasteiger partial charge is 0.466 e. The maximum absolute atomic E-state index is 13.8. The molecule has 1 aromatic carbocycles. The van der Waals surface area contributed by atoms with Crippen LogP contribution in [0.25, 0.3) is 0 Å². The van der Waals surface area contributed by atoms with E-state index in [1.165, 1.54) is 25.1 Å². The summed E-state index contributed by atoms with van der Waals surface area (Å²) < 4.78 is 32.4. The Balaban J connectivity index is 2.89. The molecule has 0 saturated carbocycles. The molecule has 1 atom stereocenters. The van der Waals surface area contributed by atoms with Crippen LogP contribution in [0.1, 0.15) is 25.0 Å². The van der Waals surface area contributed by atoms with Gasteiger partial charge in [0.15, 0.2) is 6.10 Å². The Bertz CT molecular complexity index is 505. The molecule has 4 nitrogen and oxygen atoms in total. The number of ketones is 1. The molecule has 20 heavy (non-hydrogen) atoms. The molecular weight excluding hydrogens is 338 g/mol. The van der Waals surface area contributed by atoms with E-state index in [2.05, 4.69) is 20.7 Å². The van der Waals surface area contributed by atoms with Gasteiger partial charge in [-0.1, -0.05) is 34.1 Å². The SMILES string of the molecule is CCOC(=O)CC(=O)C(F)(F)C(O)c1ccccc1Br. The van der Waals surface area contributed by atoms with Crippen molar-refractivity contribution < 1.29 is 28.2 Å². The van der Waals surface area contributed by atoms with Gasteiger partial charge in [-0.2, -0.15) is 8.78 Å². The minimum Gasteiger partial charge on any atom is -0.466 e. The summed E-state index contributed by atoms with van der Waals surface area (Å²) in [5.41, 5.74) is -0.130. The number of halogens is 3. The molecule has 0 amide bonds. The molecule has 0 bridgehead atoms. The first-order valence-electron chi connectivity index (χ1n) is 5.80. The van der Waals surface area contributed by atoms with Crippen molar-refractivity contribution >= 4 is 27.7 Å². The molecule has 110 valence electrons. The van der Waals surface area contributed by atoms with Gasteiger partial charge >= 0.3 is 11.9 Å². The Labute approximate surface area is 122 Å². The second-order valence-corrected chi connectivity index (χ2v) is 4.81. The van der Waals surface area contributed by atoms with Gasteiger partial charge in [-0.25, -0.2) is 0 Å². The van der Waals surface area contributed by atoms with E-state index >= 15 is 0 Å². The predicted octanol–water partition coefficient (Wildman–Crippen LogP) is 2.64. The fourth-order valence-electron chi connectivity index (χ4n) is 1.51. The van der Waals surface area contributed by atoms with E-state index in [1.807, 2.05) is 0 Å². The first kappa shape index (κ1) is 16.7. The van der Waals surface area contributed by atoms with E-state index in [1.54, 1.807) is 6.07 Å². The summed E-state index contributed by atoms with van der Waals surface area (Å²) in [4.78, 5) is 22.5. The van der Waals surface area contributed by atoms with Crippen LogP contribution < -0.4 is 0 Å². The summed E-state index contributed by atoms with van der Waals surface area (Å²) >= 11 is 3.02. The fraction of sp³-hybridized carbons (Fsp3) is 0.385. The molecule has 0 spiro atoms. The van der Waals surface area contributed by atoms with Gasteiger partial charge in [0.25, 0.3) is 0 Å². The Morgan fingerprint density at radius 3 is 2.55 bits per heavy atom. The second-order valence-electron chi connectivity index (χ2n) is 3.95. The molecule has 1 unspecified atom stereocenters. The van der Waals surface area contributed by atoms with Gasteiger partial charge in [-0.3, -0.25) is 9.59 Å². The van der Waals surface area contributed by atoms with E-state index in [0.29, 0.717) is 0 Å². The predicted molar refractivity (Wildman–Crippen MR) is 70.3 cm³/mol. The minimum absolute atomic E-state index is 0.00945. The molecule has 0 aliphatic rings. The number of hydrogen-bond donors (Lipinski definition) is 1. The molecule has 1 rings (SSSR count). The van der Waals surface area contributed by atoms with Crippen LogP contribution in [0, 0.1) is 0 Å². The monoisotopic (exact) mass is 350 g/mol. The van der Waals surface area contributed by atoms with Crippen molar-refractivity contribution in [2.24, 2.45) is 0 Å². The molecule has 0 aromatic heterocycles. The van der Waals surface area contributed by atoms with E-state index in [4.69, 9.17) is 0 Å². The number of esters is 1. The highest BCUT2D eigenvalue weighted by Gasteiger charge is 2.48. The topological polar surface area (TPSA) is 63.6 Å². The zero-order chi connectivity index (χ0) is 15.3. The van der Waals surface area contributed by atoms with Crippen LogP contribution in [0.5, 0.6) is 0 Å². The van der Waals surface area contributed by atoms with Gasteiger partial charge in [0.2, 0.25) is 5.78 Å². The number of carbonyl (C=O) groups excluding carboxylic acids is 2. The van der Waals surface area contributed by atoms with Crippen molar-refractivity contribution in [3.05, 3.63) is 34.3 Å². The highest BCUT2D eigenvalue weighted by Crippen LogP contribution is 2.36. The molecule has 0 heterocycles. The summed E-state index contributed by atoms with van der Waals surface area (Å²) in [6.45, 7) is 1.49. The number of benzene rings is 1. The lowest BCUT2D eigenvalue weighted by atomic mass is 9.99. The zero-order valence-corrected chi connectivity index (χ0v) is 12.2. The third-order valence-electron chi connectivity index (χ3n) is 2.53. The van der Waals surface area contributed by atoms with Crippen LogP contribution in [-0.2, 0) is 14.3 Å². The number of ether oxygens (including phenoxy) is 1. The second kappa shape index (κ2) is 6.90. The van der Waals surface area contributed by atoms with Crippen LogP contribution in [0.15, 0.2) is 28.7 Å². The fourth-order valence-corrected chi connectivity index (χ4v) is 2.01. The van der Waals surface area contributed by atoms with Crippen molar-refractivity contribution in [1.29, 1.82) is 0 Å². The third-order valence-corrected chi connectivity index (χ3v) is 3.25. The standard InChI is InChI=1S/C13H13BrF2O4/c1-2-20-11(18)7-10(17)13(15,16)12(19)8-5-3-4-6-9(8)14/h3-6,12,19H,2,7H2,1H3. The lowest BCUT2D eigenvalue weighted by molar-refractivity contribution is -0.166. The summed E-state index contributed by atoms with van der Waals surface area (Å²) in [7, 11) is 0. The Kier molecular flexibility index (Phi) is 5.76. The van der Waals surface area contributed by atoms with E-state index < -0.39 is 30.2 Å². The van der Waals surface area contributed by atoms with Gasteiger partial charge in [0.1, 0.15) is 6.42 Å². The Hall–Kier alpha value is -1.34. The number of aliphatic hydroxyl groups is 1. The van der Waals surface area contributed by atoms with Gasteiger partial charge in [0, 0.05) is 10.0 Å².